The minimum absolute atomic E-state index is 0.215. The maximum absolute atomic E-state index is 5.67. The summed E-state index contributed by atoms with van der Waals surface area (Å²) in [7, 11) is 0. The van der Waals surface area contributed by atoms with E-state index in [1.54, 1.807) is 12.3 Å². The molecule has 0 bridgehead atoms. The summed E-state index contributed by atoms with van der Waals surface area (Å²) >= 11 is 5.00. The molecule has 19 heavy (non-hydrogen) atoms. The van der Waals surface area contributed by atoms with Gasteiger partial charge >= 0.3 is 0 Å². The molecule has 0 spiro atoms. The molecule has 2 rings (SSSR count). The number of benzene rings is 1. The van der Waals surface area contributed by atoms with Crippen molar-refractivity contribution in [2.45, 2.75) is 19.4 Å². The summed E-state index contributed by atoms with van der Waals surface area (Å²) in [5.41, 5.74) is 7.66. The third-order valence-electron chi connectivity index (χ3n) is 2.75. The van der Waals surface area contributed by atoms with Crippen LogP contribution >= 0.6 is 12.2 Å². The SMILES string of the molecule is CC(Cc1ccccc1)Nc1nnccc1C(N)=S. The van der Waals surface area contributed by atoms with Crippen molar-refractivity contribution >= 4 is 23.0 Å². The maximum atomic E-state index is 5.67. The summed E-state index contributed by atoms with van der Waals surface area (Å²) in [5.74, 6) is 0.637. The van der Waals surface area contributed by atoms with Crippen molar-refractivity contribution in [3.05, 3.63) is 53.7 Å². The van der Waals surface area contributed by atoms with E-state index in [0.717, 1.165) is 12.0 Å². The van der Waals surface area contributed by atoms with Gasteiger partial charge in [0.05, 0.1) is 11.8 Å². The van der Waals surface area contributed by atoms with Crippen molar-refractivity contribution in [2.75, 3.05) is 5.32 Å². The van der Waals surface area contributed by atoms with Gasteiger partial charge in [-0.05, 0) is 25.0 Å². The molecule has 0 aliphatic heterocycles. The van der Waals surface area contributed by atoms with E-state index in [4.69, 9.17) is 18.0 Å². The number of aromatic nitrogens is 2. The fourth-order valence-electron chi connectivity index (χ4n) is 1.89. The molecule has 0 aliphatic carbocycles. The Morgan fingerprint density at radius 3 is 2.74 bits per heavy atom. The first-order valence-electron chi connectivity index (χ1n) is 6.09. The third-order valence-corrected chi connectivity index (χ3v) is 2.97. The molecule has 3 N–H and O–H groups in total. The zero-order chi connectivity index (χ0) is 13.7. The van der Waals surface area contributed by atoms with Gasteiger partial charge in [-0.1, -0.05) is 42.5 Å². The summed E-state index contributed by atoms with van der Waals surface area (Å²) in [5, 5.41) is 11.2. The minimum atomic E-state index is 0.215. The molecule has 98 valence electrons. The van der Waals surface area contributed by atoms with Gasteiger partial charge in [-0.3, -0.25) is 0 Å². The molecule has 0 amide bonds. The largest absolute Gasteiger partial charge is 0.389 e. The van der Waals surface area contributed by atoms with Crippen LogP contribution in [0.4, 0.5) is 5.82 Å². The van der Waals surface area contributed by atoms with Crippen molar-refractivity contribution in [3.8, 4) is 0 Å². The normalized spacial score (nSPS) is 11.8. The van der Waals surface area contributed by atoms with Gasteiger partial charge < -0.3 is 11.1 Å². The number of nitrogens with one attached hydrogen (secondary N) is 1. The first-order chi connectivity index (χ1) is 9.16. The summed E-state index contributed by atoms with van der Waals surface area (Å²) < 4.78 is 0. The molecule has 1 atom stereocenters. The van der Waals surface area contributed by atoms with Gasteiger partial charge in [0.1, 0.15) is 4.99 Å². The Bertz CT molecular complexity index is 556. The van der Waals surface area contributed by atoms with E-state index in [-0.39, 0.29) is 6.04 Å². The Balaban J connectivity index is 2.07. The zero-order valence-electron chi connectivity index (χ0n) is 10.7. The Hall–Kier alpha value is -2.01. The average molecular weight is 272 g/mol. The molecular formula is C14H16N4S. The van der Waals surface area contributed by atoms with Crippen molar-refractivity contribution in [2.24, 2.45) is 5.73 Å². The highest BCUT2D eigenvalue weighted by Gasteiger charge is 2.10. The monoisotopic (exact) mass is 272 g/mol. The zero-order valence-corrected chi connectivity index (χ0v) is 11.5. The number of anilines is 1. The first kappa shape index (κ1) is 13.4. The van der Waals surface area contributed by atoms with Gasteiger partial charge in [0, 0.05) is 6.04 Å². The van der Waals surface area contributed by atoms with Gasteiger partial charge in [-0.2, -0.15) is 5.10 Å². The molecule has 4 nitrogen and oxygen atoms in total. The predicted molar refractivity (Wildman–Crippen MR) is 81.2 cm³/mol. The van der Waals surface area contributed by atoms with Gasteiger partial charge in [-0.15, -0.1) is 5.10 Å². The van der Waals surface area contributed by atoms with Crippen LogP contribution in [-0.2, 0) is 6.42 Å². The molecule has 0 fully saturated rings. The fraction of sp³-hybridized carbons (Fsp3) is 0.214. The summed E-state index contributed by atoms with van der Waals surface area (Å²) in [6.07, 6.45) is 2.48. The Morgan fingerprint density at radius 2 is 2.05 bits per heavy atom. The lowest BCUT2D eigenvalue weighted by atomic mass is 10.1. The molecule has 1 aromatic heterocycles. The van der Waals surface area contributed by atoms with Gasteiger partial charge in [0.2, 0.25) is 0 Å². The fourth-order valence-corrected chi connectivity index (χ4v) is 2.05. The van der Waals surface area contributed by atoms with Crippen LogP contribution in [0.1, 0.15) is 18.1 Å². The van der Waals surface area contributed by atoms with E-state index in [2.05, 4.69) is 34.6 Å². The van der Waals surface area contributed by atoms with E-state index >= 15 is 0 Å². The molecule has 1 unspecified atom stereocenters. The molecule has 0 radical (unpaired) electrons. The van der Waals surface area contributed by atoms with Crippen molar-refractivity contribution in [1.29, 1.82) is 0 Å². The number of nitrogens with two attached hydrogens (primary N) is 1. The van der Waals surface area contributed by atoms with E-state index in [1.807, 2.05) is 18.2 Å². The van der Waals surface area contributed by atoms with Gasteiger partial charge in [0.15, 0.2) is 5.82 Å². The standard InChI is InChI=1S/C14H16N4S/c1-10(9-11-5-3-2-4-6-11)17-14-12(13(15)19)7-8-16-18-14/h2-8,10H,9H2,1H3,(H2,15,19)(H,17,18). The van der Waals surface area contributed by atoms with Crippen LogP contribution in [0, 0.1) is 0 Å². The Morgan fingerprint density at radius 1 is 1.32 bits per heavy atom. The molecular weight excluding hydrogens is 256 g/mol. The minimum Gasteiger partial charge on any atom is -0.389 e. The third kappa shape index (κ3) is 3.72. The number of rotatable bonds is 5. The highest BCUT2D eigenvalue weighted by molar-refractivity contribution is 7.80. The predicted octanol–water partition coefficient (Wildman–Crippen LogP) is 2.15. The second kappa shape index (κ2) is 6.24. The number of hydrogen-bond acceptors (Lipinski definition) is 4. The van der Waals surface area contributed by atoms with Crippen LogP contribution in [-0.4, -0.2) is 21.2 Å². The van der Waals surface area contributed by atoms with E-state index < -0.39 is 0 Å². The number of hydrogen-bond donors (Lipinski definition) is 2. The highest BCUT2D eigenvalue weighted by Crippen LogP contribution is 2.13. The molecule has 5 heteroatoms. The number of thiocarbonyl (C=S) groups is 1. The van der Waals surface area contributed by atoms with Crippen LogP contribution in [0.25, 0.3) is 0 Å². The molecule has 1 heterocycles. The highest BCUT2D eigenvalue weighted by atomic mass is 32.1. The topological polar surface area (TPSA) is 63.8 Å². The van der Waals surface area contributed by atoms with Crippen molar-refractivity contribution in [3.63, 3.8) is 0 Å². The maximum Gasteiger partial charge on any atom is 0.159 e. The van der Waals surface area contributed by atoms with Crippen molar-refractivity contribution in [1.82, 2.24) is 10.2 Å². The summed E-state index contributed by atoms with van der Waals surface area (Å²) in [6, 6.07) is 12.3. The quantitative estimate of drug-likeness (QED) is 0.817. The lowest BCUT2D eigenvalue weighted by molar-refractivity contribution is 0.778. The molecule has 0 saturated heterocycles. The molecule has 1 aromatic carbocycles. The summed E-state index contributed by atoms with van der Waals surface area (Å²) in [6.45, 7) is 2.09. The van der Waals surface area contributed by atoms with Gasteiger partial charge in [0.25, 0.3) is 0 Å². The van der Waals surface area contributed by atoms with Crippen LogP contribution in [0.15, 0.2) is 42.6 Å². The van der Waals surface area contributed by atoms with Crippen LogP contribution in [0.5, 0.6) is 0 Å². The van der Waals surface area contributed by atoms with Crippen LogP contribution in [0.2, 0.25) is 0 Å². The van der Waals surface area contributed by atoms with E-state index in [0.29, 0.717) is 10.8 Å². The number of nitrogens with zero attached hydrogens (tertiary/aromatic N) is 2. The van der Waals surface area contributed by atoms with E-state index in [1.165, 1.54) is 5.56 Å². The summed E-state index contributed by atoms with van der Waals surface area (Å²) in [4.78, 5) is 0.323. The molecule has 2 aromatic rings. The molecule has 0 saturated carbocycles. The second-order valence-electron chi connectivity index (χ2n) is 4.39. The Labute approximate surface area is 118 Å². The van der Waals surface area contributed by atoms with Crippen molar-refractivity contribution < 1.29 is 0 Å². The van der Waals surface area contributed by atoms with E-state index in [9.17, 15) is 0 Å². The Kier molecular flexibility index (Phi) is 4.41. The first-order valence-corrected chi connectivity index (χ1v) is 6.49. The van der Waals surface area contributed by atoms with Crippen LogP contribution < -0.4 is 11.1 Å². The second-order valence-corrected chi connectivity index (χ2v) is 4.83. The molecule has 0 aliphatic rings. The lowest BCUT2D eigenvalue weighted by Crippen LogP contribution is -2.22. The van der Waals surface area contributed by atoms with Gasteiger partial charge in [-0.25, -0.2) is 0 Å². The lowest BCUT2D eigenvalue weighted by Gasteiger charge is -2.16. The van der Waals surface area contributed by atoms with Crippen LogP contribution in [0.3, 0.4) is 0 Å². The average Bonchev–Trinajstić information content (AvgIpc) is 2.40. The smallest absolute Gasteiger partial charge is 0.159 e.